The van der Waals surface area contributed by atoms with E-state index in [2.05, 4.69) is 29.1 Å². The number of benzene rings is 1. The van der Waals surface area contributed by atoms with E-state index in [0.717, 1.165) is 31.7 Å². The second-order valence-corrected chi connectivity index (χ2v) is 8.62. The maximum Gasteiger partial charge on any atom is 0.271 e. The molecule has 0 radical (unpaired) electrons. The number of rotatable bonds is 18. The number of nitro groups is 1. The molecule has 0 atom stereocenters. The van der Waals surface area contributed by atoms with Crippen molar-refractivity contribution in [3.8, 4) is 0 Å². The third-order valence-electron chi connectivity index (χ3n) is 5.99. The smallest absolute Gasteiger partial charge is 0.271 e. The lowest BCUT2D eigenvalue weighted by molar-refractivity contribution is -0.384. The van der Waals surface area contributed by atoms with E-state index >= 15 is 0 Å². The zero-order valence-corrected chi connectivity index (χ0v) is 19.6. The molecule has 1 aromatic heterocycles. The molecule has 0 N–H and O–H groups in total. The van der Waals surface area contributed by atoms with Crippen LogP contribution in [0, 0.1) is 10.1 Å². The minimum Gasteiger partial charge on any atom is -0.301 e. The predicted octanol–water partition coefficient (Wildman–Crippen LogP) is 6.36. The van der Waals surface area contributed by atoms with E-state index < -0.39 is 0 Å². The van der Waals surface area contributed by atoms with Gasteiger partial charge in [-0.15, -0.1) is 5.10 Å². The number of hydrogen-bond donors (Lipinski definition) is 0. The van der Waals surface area contributed by atoms with Crippen LogP contribution in [-0.4, -0.2) is 44.5 Å². The molecule has 0 fully saturated rings. The lowest BCUT2D eigenvalue weighted by Gasteiger charge is -2.22. The molecule has 0 aliphatic carbocycles. The molecule has 0 aliphatic heterocycles. The molecule has 2 aromatic rings. The van der Waals surface area contributed by atoms with Crippen LogP contribution in [-0.2, 0) is 6.54 Å². The Morgan fingerprint density at radius 1 is 0.871 bits per heavy atom. The van der Waals surface area contributed by atoms with Gasteiger partial charge in [-0.05, 0) is 32.0 Å². The number of hydrogen-bond acceptors (Lipinski definition) is 5. The van der Waals surface area contributed by atoms with Gasteiger partial charge in [-0.1, -0.05) is 83.3 Å². The molecule has 2 rings (SSSR count). The Bertz CT molecular complexity index is 746. The highest BCUT2D eigenvalue weighted by Crippen LogP contribution is 2.19. The van der Waals surface area contributed by atoms with Crippen molar-refractivity contribution in [2.45, 2.75) is 97.4 Å². The standard InChI is InChI=1S/C24H41N5O2/c1-3-5-7-9-11-13-17-27(18-14-12-10-8-6-4-2)19-20-28-24-16-15-22(29(30)31)21-23(24)25-26-28/h15-16,21H,3-14,17-20H2,1-2H3. The van der Waals surface area contributed by atoms with Gasteiger partial charge in [-0.2, -0.15) is 0 Å². The molecule has 174 valence electrons. The zero-order valence-electron chi connectivity index (χ0n) is 19.6. The third kappa shape index (κ3) is 9.33. The van der Waals surface area contributed by atoms with Crippen LogP contribution in [0.15, 0.2) is 18.2 Å². The van der Waals surface area contributed by atoms with Gasteiger partial charge in [0.2, 0.25) is 0 Å². The van der Waals surface area contributed by atoms with Crippen LogP contribution >= 0.6 is 0 Å². The van der Waals surface area contributed by atoms with E-state index in [-0.39, 0.29) is 10.6 Å². The topological polar surface area (TPSA) is 77.1 Å². The van der Waals surface area contributed by atoms with Gasteiger partial charge in [0, 0.05) is 18.7 Å². The number of aromatic nitrogens is 3. The molecule has 1 heterocycles. The van der Waals surface area contributed by atoms with Gasteiger partial charge in [0.15, 0.2) is 0 Å². The molecule has 0 bridgehead atoms. The first-order chi connectivity index (χ1) is 15.2. The minimum absolute atomic E-state index is 0.0623. The van der Waals surface area contributed by atoms with Gasteiger partial charge in [-0.3, -0.25) is 10.1 Å². The lowest BCUT2D eigenvalue weighted by Crippen LogP contribution is -2.30. The second-order valence-electron chi connectivity index (χ2n) is 8.62. The van der Waals surface area contributed by atoms with Crippen molar-refractivity contribution in [2.24, 2.45) is 0 Å². The molecule has 0 amide bonds. The number of fused-ring (bicyclic) bond motifs is 1. The molecule has 0 unspecified atom stereocenters. The maximum absolute atomic E-state index is 11.0. The Balaban J connectivity index is 1.85. The monoisotopic (exact) mass is 431 g/mol. The summed E-state index contributed by atoms with van der Waals surface area (Å²) in [6.07, 6.45) is 15.8. The Morgan fingerprint density at radius 2 is 1.45 bits per heavy atom. The van der Waals surface area contributed by atoms with Crippen molar-refractivity contribution in [1.29, 1.82) is 0 Å². The normalized spacial score (nSPS) is 11.6. The Kier molecular flexibility index (Phi) is 12.1. The first-order valence-corrected chi connectivity index (χ1v) is 12.4. The Morgan fingerprint density at radius 3 is 2.03 bits per heavy atom. The SMILES string of the molecule is CCCCCCCCN(CCCCCCCC)CCn1nnc2cc([N+](=O)[O-])ccc21. The number of non-ortho nitro benzene ring substituents is 1. The van der Waals surface area contributed by atoms with Crippen molar-refractivity contribution in [2.75, 3.05) is 19.6 Å². The zero-order chi connectivity index (χ0) is 22.3. The fraction of sp³-hybridized carbons (Fsp3) is 0.750. The van der Waals surface area contributed by atoms with Crippen molar-refractivity contribution in [3.63, 3.8) is 0 Å². The molecule has 0 saturated carbocycles. The van der Waals surface area contributed by atoms with Gasteiger partial charge in [0.1, 0.15) is 5.52 Å². The fourth-order valence-electron chi connectivity index (χ4n) is 4.04. The van der Waals surface area contributed by atoms with Crippen molar-refractivity contribution < 1.29 is 4.92 Å². The summed E-state index contributed by atoms with van der Waals surface area (Å²) < 4.78 is 1.88. The minimum atomic E-state index is -0.388. The third-order valence-corrected chi connectivity index (χ3v) is 5.99. The summed E-state index contributed by atoms with van der Waals surface area (Å²) in [5, 5.41) is 19.4. The molecular formula is C24H41N5O2. The first kappa shape index (κ1) is 25.2. The molecule has 0 spiro atoms. The summed E-state index contributed by atoms with van der Waals surface area (Å²) in [5.41, 5.74) is 1.52. The van der Waals surface area contributed by atoms with Crippen LogP contribution in [0.4, 0.5) is 5.69 Å². The van der Waals surface area contributed by atoms with E-state index in [1.807, 2.05) is 4.68 Å². The van der Waals surface area contributed by atoms with E-state index in [1.54, 1.807) is 6.07 Å². The number of nitrogens with zero attached hydrogens (tertiary/aromatic N) is 5. The second kappa shape index (κ2) is 14.9. The van der Waals surface area contributed by atoms with E-state index in [0.29, 0.717) is 5.52 Å². The average Bonchev–Trinajstić information content (AvgIpc) is 3.18. The van der Waals surface area contributed by atoms with Gasteiger partial charge < -0.3 is 4.90 Å². The summed E-state index contributed by atoms with van der Waals surface area (Å²) >= 11 is 0. The van der Waals surface area contributed by atoms with Crippen molar-refractivity contribution in [3.05, 3.63) is 28.3 Å². The van der Waals surface area contributed by atoms with E-state index in [9.17, 15) is 10.1 Å². The van der Waals surface area contributed by atoms with Crippen LogP contribution in [0.3, 0.4) is 0 Å². The molecule has 1 aromatic carbocycles. The summed E-state index contributed by atoms with van der Waals surface area (Å²) in [6.45, 7) is 8.50. The number of nitro benzene ring substituents is 1. The van der Waals surface area contributed by atoms with Crippen LogP contribution < -0.4 is 0 Å². The highest BCUT2D eigenvalue weighted by atomic mass is 16.6. The lowest BCUT2D eigenvalue weighted by atomic mass is 10.1. The maximum atomic E-state index is 11.0. The van der Waals surface area contributed by atoms with Crippen LogP contribution in [0.25, 0.3) is 11.0 Å². The van der Waals surface area contributed by atoms with Gasteiger partial charge in [-0.25, -0.2) is 4.68 Å². The summed E-state index contributed by atoms with van der Waals surface area (Å²) in [6, 6.07) is 4.80. The molecule has 7 heteroatoms. The summed E-state index contributed by atoms with van der Waals surface area (Å²) in [7, 11) is 0. The fourth-order valence-corrected chi connectivity index (χ4v) is 4.04. The highest BCUT2D eigenvalue weighted by molar-refractivity contribution is 5.76. The van der Waals surface area contributed by atoms with E-state index in [1.165, 1.54) is 89.2 Å². The van der Waals surface area contributed by atoms with Crippen molar-refractivity contribution in [1.82, 2.24) is 19.9 Å². The quantitative estimate of drug-likeness (QED) is 0.156. The van der Waals surface area contributed by atoms with Gasteiger partial charge in [0.25, 0.3) is 5.69 Å². The van der Waals surface area contributed by atoms with Crippen LogP contribution in [0.5, 0.6) is 0 Å². The highest BCUT2D eigenvalue weighted by Gasteiger charge is 2.12. The molecule has 31 heavy (non-hydrogen) atoms. The summed E-state index contributed by atoms with van der Waals surface area (Å²) in [4.78, 5) is 13.2. The van der Waals surface area contributed by atoms with Crippen molar-refractivity contribution >= 4 is 16.7 Å². The molecular weight excluding hydrogens is 390 g/mol. The van der Waals surface area contributed by atoms with Gasteiger partial charge in [0.05, 0.1) is 17.0 Å². The molecule has 0 saturated heterocycles. The summed E-state index contributed by atoms with van der Waals surface area (Å²) in [5.74, 6) is 0. The molecule has 7 nitrogen and oxygen atoms in total. The Labute approximate surface area is 187 Å². The van der Waals surface area contributed by atoms with Crippen LogP contribution in [0.2, 0.25) is 0 Å². The van der Waals surface area contributed by atoms with Crippen LogP contribution in [0.1, 0.15) is 90.9 Å². The molecule has 0 aliphatic rings. The van der Waals surface area contributed by atoms with E-state index in [4.69, 9.17) is 0 Å². The largest absolute Gasteiger partial charge is 0.301 e. The number of unbranched alkanes of at least 4 members (excludes halogenated alkanes) is 10. The predicted molar refractivity (Wildman–Crippen MR) is 127 cm³/mol. The van der Waals surface area contributed by atoms with Gasteiger partial charge >= 0.3 is 0 Å². The first-order valence-electron chi connectivity index (χ1n) is 12.4. The Hall–Kier alpha value is -2.02. The average molecular weight is 432 g/mol.